The first-order chi connectivity index (χ1) is 16.2. The number of carboxylic acid groups (broad SMARTS) is 1. The number of thioether (sulfide) groups is 1. The number of aliphatic carboxylic acids is 1. The molecule has 0 aliphatic carbocycles. The molecule has 11 heteroatoms. The highest BCUT2D eigenvalue weighted by atomic mass is 32.2. The lowest BCUT2D eigenvalue weighted by Gasteiger charge is -2.36. The molecule has 3 rings (SSSR count). The van der Waals surface area contributed by atoms with Crippen molar-refractivity contribution in [2.75, 3.05) is 44.7 Å². The molecule has 1 aromatic rings. The highest BCUT2D eigenvalue weighted by Gasteiger charge is 2.33. The molecule has 1 N–H and O–H groups in total. The fourth-order valence-electron chi connectivity index (χ4n) is 4.15. The zero-order valence-corrected chi connectivity index (χ0v) is 21.3. The van der Waals surface area contributed by atoms with Gasteiger partial charge in [0.1, 0.15) is 21.8 Å². The van der Waals surface area contributed by atoms with Gasteiger partial charge in [-0.05, 0) is 38.5 Å². The van der Waals surface area contributed by atoms with Gasteiger partial charge in [0.2, 0.25) is 0 Å². The summed E-state index contributed by atoms with van der Waals surface area (Å²) in [6.07, 6.45) is 2.72. The van der Waals surface area contributed by atoms with Crippen LogP contribution in [0.1, 0.15) is 42.9 Å². The molecule has 182 valence electrons. The zero-order chi connectivity index (χ0) is 25.0. The van der Waals surface area contributed by atoms with E-state index in [1.807, 2.05) is 6.92 Å². The van der Waals surface area contributed by atoms with E-state index in [0.717, 1.165) is 50.2 Å². The number of carbonyl (C=O) groups is 2. The van der Waals surface area contributed by atoms with E-state index < -0.39 is 5.97 Å². The van der Waals surface area contributed by atoms with Crippen LogP contribution in [-0.4, -0.2) is 75.4 Å². The Morgan fingerprint density at radius 3 is 2.50 bits per heavy atom. The molecule has 2 fully saturated rings. The van der Waals surface area contributed by atoms with Gasteiger partial charge in [0.15, 0.2) is 0 Å². The monoisotopic (exact) mass is 503 g/mol. The van der Waals surface area contributed by atoms with E-state index >= 15 is 0 Å². The third kappa shape index (κ3) is 5.35. The topological polar surface area (TPSA) is 110 Å². The zero-order valence-electron chi connectivity index (χ0n) is 19.7. The number of anilines is 1. The molecule has 34 heavy (non-hydrogen) atoms. The van der Waals surface area contributed by atoms with Crippen LogP contribution < -0.4 is 10.5 Å². The van der Waals surface area contributed by atoms with Crippen molar-refractivity contribution in [1.82, 2.24) is 14.4 Å². The van der Waals surface area contributed by atoms with Crippen molar-refractivity contribution >= 4 is 52.1 Å². The lowest BCUT2D eigenvalue weighted by Crippen LogP contribution is -2.47. The first-order valence-electron chi connectivity index (χ1n) is 11.3. The number of piperazine rings is 1. The average molecular weight is 504 g/mol. The number of nitriles is 1. The van der Waals surface area contributed by atoms with Crippen LogP contribution in [0.4, 0.5) is 5.82 Å². The van der Waals surface area contributed by atoms with Crippen molar-refractivity contribution < 1.29 is 14.7 Å². The summed E-state index contributed by atoms with van der Waals surface area (Å²) in [4.78, 5) is 43.4. The van der Waals surface area contributed by atoms with Crippen molar-refractivity contribution in [1.29, 1.82) is 5.26 Å². The standard InChI is InChI=1S/C23H29N5O4S2/c1-4-7-27-20(26-11-9-25(3)10-12-26)16(15(2)17(14-24)21(27)31)13-18-22(32)28(23(33)34-18)8-5-6-19(29)30/h13H,4-12H2,1-3H3,(H,29,30)/b18-13-. The van der Waals surface area contributed by atoms with Crippen LogP contribution in [0, 0.1) is 18.3 Å². The first kappa shape index (κ1) is 25.9. The van der Waals surface area contributed by atoms with Crippen molar-refractivity contribution in [2.45, 2.75) is 39.7 Å². The molecule has 0 aromatic carbocycles. The number of aromatic nitrogens is 1. The van der Waals surface area contributed by atoms with Crippen LogP contribution in [-0.2, 0) is 16.1 Å². The lowest BCUT2D eigenvalue weighted by atomic mass is 10.0. The second-order valence-corrected chi connectivity index (χ2v) is 10.1. The van der Waals surface area contributed by atoms with Crippen LogP contribution in [0.15, 0.2) is 9.70 Å². The molecular weight excluding hydrogens is 474 g/mol. The molecule has 2 aliphatic heterocycles. The first-order valence-corrected chi connectivity index (χ1v) is 12.5. The number of hydrogen-bond donors (Lipinski definition) is 1. The molecule has 9 nitrogen and oxygen atoms in total. The van der Waals surface area contributed by atoms with Crippen molar-refractivity contribution in [3.05, 3.63) is 31.9 Å². The minimum absolute atomic E-state index is 0.0454. The minimum atomic E-state index is -0.921. The highest BCUT2D eigenvalue weighted by Crippen LogP contribution is 2.36. The Morgan fingerprint density at radius 1 is 1.24 bits per heavy atom. The summed E-state index contributed by atoms with van der Waals surface area (Å²) < 4.78 is 2.04. The summed E-state index contributed by atoms with van der Waals surface area (Å²) in [6, 6.07) is 2.06. The molecular formula is C23H29N5O4S2. The maximum atomic E-state index is 13.2. The normalized spacial score (nSPS) is 18.1. The fraction of sp³-hybridized carbons (Fsp3) is 0.522. The van der Waals surface area contributed by atoms with Crippen LogP contribution in [0.2, 0.25) is 0 Å². The fourth-order valence-corrected chi connectivity index (χ4v) is 5.44. The minimum Gasteiger partial charge on any atom is -0.481 e. The summed E-state index contributed by atoms with van der Waals surface area (Å²) in [7, 11) is 2.05. The molecule has 0 spiro atoms. The van der Waals surface area contributed by atoms with E-state index in [4.69, 9.17) is 17.3 Å². The number of nitrogens with zero attached hydrogens (tertiary/aromatic N) is 5. The largest absolute Gasteiger partial charge is 0.481 e. The van der Waals surface area contributed by atoms with E-state index in [-0.39, 0.29) is 30.0 Å². The molecule has 0 unspecified atom stereocenters. The number of carbonyl (C=O) groups excluding carboxylic acids is 1. The van der Waals surface area contributed by atoms with Gasteiger partial charge >= 0.3 is 5.97 Å². The summed E-state index contributed by atoms with van der Waals surface area (Å²) in [5.74, 6) is -0.473. The average Bonchev–Trinajstić information content (AvgIpc) is 3.05. The van der Waals surface area contributed by atoms with Gasteiger partial charge in [0.25, 0.3) is 11.5 Å². The van der Waals surface area contributed by atoms with Gasteiger partial charge < -0.3 is 14.9 Å². The number of thiocarbonyl (C=S) groups is 1. The van der Waals surface area contributed by atoms with E-state index in [1.54, 1.807) is 17.6 Å². The van der Waals surface area contributed by atoms with Crippen LogP contribution in [0.5, 0.6) is 0 Å². The van der Waals surface area contributed by atoms with E-state index in [0.29, 0.717) is 33.3 Å². The summed E-state index contributed by atoms with van der Waals surface area (Å²) in [5.41, 5.74) is 0.994. The number of hydrogen-bond acceptors (Lipinski definition) is 8. The van der Waals surface area contributed by atoms with Crippen LogP contribution in [0.25, 0.3) is 6.08 Å². The smallest absolute Gasteiger partial charge is 0.303 e. The Kier molecular flexibility index (Phi) is 8.52. The molecule has 0 atom stereocenters. The Labute approximate surface area is 208 Å². The van der Waals surface area contributed by atoms with Gasteiger partial charge in [-0.15, -0.1) is 0 Å². The maximum absolute atomic E-state index is 13.2. The molecule has 2 aliphatic rings. The Bertz CT molecular complexity index is 1130. The van der Waals surface area contributed by atoms with Gasteiger partial charge in [-0.2, -0.15) is 5.26 Å². The molecule has 3 heterocycles. The van der Waals surface area contributed by atoms with Crippen molar-refractivity contribution in [2.24, 2.45) is 0 Å². The number of amides is 1. The number of likely N-dealkylation sites (N-methyl/N-ethyl adjacent to an activating group) is 1. The predicted molar refractivity (Wildman–Crippen MR) is 137 cm³/mol. The van der Waals surface area contributed by atoms with E-state index in [1.165, 1.54) is 4.90 Å². The lowest BCUT2D eigenvalue weighted by molar-refractivity contribution is -0.137. The number of carboxylic acids is 1. The third-order valence-electron chi connectivity index (χ3n) is 6.02. The molecule has 0 saturated carbocycles. The molecule has 2 saturated heterocycles. The number of pyridine rings is 1. The van der Waals surface area contributed by atoms with Crippen molar-refractivity contribution in [3.63, 3.8) is 0 Å². The van der Waals surface area contributed by atoms with Gasteiger partial charge in [0.05, 0.1) is 4.91 Å². The molecule has 0 radical (unpaired) electrons. The van der Waals surface area contributed by atoms with Gasteiger partial charge in [0, 0.05) is 51.3 Å². The van der Waals surface area contributed by atoms with Gasteiger partial charge in [-0.1, -0.05) is 30.9 Å². The Hall–Kier alpha value is -2.68. The maximum Gasteiger partial charge on any atom is 0.303 e. The second kappa shape index (κ2) is 11.2. The second-order valence-electron chi connectivity index (χ2n) is 8.43. The highest BCUT2D eigenvalue weighted by molar-refractivity contribution is 8.26. The quantitative estimate of drug-likeness (QED) is 0.422. The molecule has 1 aromatic heterocycles. The van der Waals surface area contributed by atoms with Crippen molar-refractivity contribution in [3.8, 4) is 6.07 Å². The molecule has 1 amide bonds. The third-order valence-corrected chi connectivity index (χ3v) is 7.40. The van der Waals surface area contributed by atoms with Crippen LogP contribution >= 0.6 is 24.0 Å². The number of rotatable bonds is 8. The van der Waals surface area contributed by atoms with Gasteiger partial charge in [-0.3, -0.25) is 23.9 Å². The predicted octanol–water partition coefficient (Wildman–Crippen LogP) is 2.26. The SMILES string of the molecule is CCCn1c(N2CCN(C)CC2)c(/C=C2\SC(=S)N(CCCC(=O)O)C2=O)c(C)c(C#N)c1=O. The summed E-state index contributed by atoms with van der Waals surface area (Å²) >= 11 is 6.55. The summed E-state index contributed by atoms with van der Waals surface area (Å²) in [6.45, 7) is 7.55. The Morgan fingerprint density at radius 2 is 1.91 bits per heavy atom. The van der Waals surface area contributed by atoms with Crippen LogP contribution in [0.3, 0.4) is 0 Å². The van der Waals surface area contributed by atoms with E-state index in [9.17, 15) is 19.6 Å². The van der Waals surface area contributed by atoms with Gasteiger partial charge in [-0.25, -0.2) is 0 Å². The summed E-state index contributed by atoms with van der Waals surface area (Å²) in [5, 5.41) is 18.6. The molecule has 0 bridgehead atoms. The Balaban J connectivity index is 2.10. The van der Waals surface area contributed by atoms with E-state index in [2.05, 4.69) is 22.9 Å².